The lowest BCUT2D eigenvalue weighted by Crippen LogP contribution is -2.36. The SMILES string of the molecule is O=C1C2c3ccc4ccccc4c3C(c3ccccc3)c3ccc4ccc5c(c4c32)C1c1ccc2ccccc2c1C5c1ccccc1. The highest BCUT2D eigenvalue weighted by Gasteiger charge is 2.49. The highest BCUT2D eigenvalue weighted by molar-refractivity contribution is 6.12. The Kier molecular flexibility index (Phi) is 5.27. The molecular weight excluding hydrogens is 581 g/mol. The highest BCUT2D eigenvalue weighted by Crippen LogP contribution is 2.60. The second-order valence-electron chi connectivity index (χ2n) is 13.8. The lowest BCUT2D eigenvalue weighted by molar-refractivity contribution is -0.120. The summed E-state index contributed by atoms with van der Waals surface area (Å²) < 4.78 is 0. The zero-order valence-electron chi connectivity index (χ0n) is 26.2. The van der Waals surface area contributed by atoms with Gasteiger partial charge in [0.25, 0.3) is 0 Å². The molecule has 0 aromatic heterocycles. The molecule has 1 nitrogen and oxygen atoms in total. The molecule has 0 aliphatic heterocycles. The topological polar surface area (TPSA) is 17.1 Å². The second-order valence-corrected chi connectivity index (χ2v) is 13.8. The van der Waals surface area contributed by atoms with E-state index in [1.54, 1.807) is 0 Å². The number of ketones is 1. The van der Waals surface area contributed by atoms with Crippen molar-refractivity contribution in [3.8, 4) is 0 Å². The predicted molar refractivity (Wildman–Crippen MR) is 195 cm³/mol. The van der Waals surface area contributed by atoms with Crippen molar-refractivity contribution in [3.05, 3.63) is 213 Å². The van der Waals surface area contributed by atoms with Crippen LogP contribution in [0, 0.1) is 0 Å². The summed E-state index contributed by atoms with van der Waals surface area (Å²) in [6, 6.07) is 57.5. The lowest BCUT2D eigenvalue weighted by atomic mass is 9.57. The van der Waals surface area contributed by atoms with Crippen LogP contribution < -0.4 is 0 Å². The predicted octanol–water partition coefficient (Wildman–Crippen LogP) is 11.0. The molecule has 0 amide bonds. The Labute approximate surface area is 279 Å². The van der Waals surface area contributed by atoms with Gasteiger partial charge in [-0.1, -0.05) is 158 Å². The van der Waals surface area contributed by atoms with Crippen LogP contribution in [0.15, 0.2) is 158 Å². The summed E-state index contributed by atoms with van der Waals surface area (Å²) in [5, 5.41) is 7.42. The van der Waals surface area contributed by atoms with Crippen LogP contribution in [-0.2, 0) is 4.79 Å². The van der Waals surface area contributed by atoms with Crippen molar-refractivity contribution in [1.82, 2.24) is 0 Å². The van der Waals surface area contributed by atoms with Crippen molar-refractivity contribution >= 4 is 38.1 Å². The number of rotatable bonds is 2. The number of carbonyl (C=O) groups excluding carboxylic acids is 1. The zero-order chi connectivity index (χ0) is 31.5. The van der Waals surface area contributed by atoms with Crippen molar-refractivity contribution in [1.29, 1.82) is 0 Å². The van der Waals surface area contributed by atoms with Gasteiger partial charge in [-0.05, 0) is 88.0 Å². The van der Waals surface area contributed by atoms with Crippen molar-refractivity contribution in [2.24, 2.45) is 0 Å². The van der Waals surface area contributed by atoms with E-state index in [1.807, 2.05) is 0 Å². The Bertz CT molecular complexity index is 2470. The van der Waals surface area contributed by atoms with Crippen molar-refractivity contribution in [2.45, 2.75) is 23.7 Å². The Morgan fingerprint density at radius 2 is 0.688 bits per heavy atom. The third-order valence-corrected chi connectivity index (χ3v) is 11.6. The number of carbonyl (C=O) groups is 1. The molecule has 0 bridgehead atoms. The minimum absolute atomic E-state index is 0.0351. The fraction of sp³-hybridized carbons (Fsp3) is 0.0851. The number of fused-ring (bicyclic) bond motifs is 8. The quantitative estimate of drug-likeness (QED) is 0.190. The molecule has 0 saturated heterocycles. The van der Waals surface area contributed by atoms with Gasteiger partial charge in [0.15, 0.2) is 5.78 Å². The van der Waals surface area contributed by atoms with E-state index < -0.39 is 0 Å². The molecule has 224 valence electrons. The summed E-state index contributed by atoms with van der Waals surface area (Å²) in [5.41, 5.74) is 12.4. The summed E-state index contributed by atoms with van der Waals surface area (Å²) in [7, 11) is 0. The molecule has 0 saturated carbocycles. The van der Waals surface area contributed by atoms with Crippen LogP contribution in [0.4, 0.5) is 0 Å². The van der Waals surface area contributed by atoms with E-state index in [9.17, 15) is 0 Å². The van der Waals surface area contributed by atoms with Gasteiger partial charge < -0.3 is 0 Å². The van der Waals surface area contributed by atoms with E-state index in [1.165, 1.54) is 76.8 Å². The molecule has 8 aromatic carbocycles. The van der Waals surface area contributed by atoms with Crippen LogP contribution in [0.25, 0.3) is 32.3 Å². The standard InChI is InChI=1S/C47H30O/c48-47-45-36-23-19-27-11-7-9-17-32(27)41(36)38(29-13-3-1-4-14-29)34-25-21-31-22-26-35-39(30-15-5-2-6-16-30)42-33-18-10-8-12-28(33)20-24-37(42)46(47)44(35)40(31)43(34)45/h1-26,38-39,45-46H. The Morgan fingerprint density at radius 3 is 1.15 bits per heavy atom. The van der Waals surface area contributed by atoms with Crippen LogP contribution in [0.2, 0.25) is 0 Å². The molecule has 0 fully saturated rings. The van der Waals surface area contributed by atoms with Crippen molar-refractivity contribution in [3.63, 3.8) is 0 Å². The maximum absolute atomic E-state index is 15.6. The molecule has 0 N–H and O–H groups in total. The van der Waals surface area contributed by atoms with Crippen LogP contribution in [0.3, 0.4) is 0 Å². The van der Waals surface area contributed by atoms with E-state index in [4.69, 9.17) is 0 Å². The molecule has 3 aliphatic carbocycles. The Balaban J connectivity index is 1.31. The van der Waals surface area contributed by atoms with Crippen LogP contribution in [0.1, 0.15) is 79.3 Å². The van der Waals surface area contributed by atoms with E-state index in [0.717, 1.165) is 11.1 Å². The van der Waals surface area contributed by atoms with Gasteiger partial charge in [-0.3, -0.25) is 4.79 Å². The molecule has 3 aliphatic rings. The van der Waals surface area contributed by atoms with E-state index in [2.05, 4.69) is 158 Å². The number of hydrogen-bond donors (Lipinski definition) is 0. The van der Waals surface area contributed by atoms with Gasteiger partial charge >= 0.3 is 0 Å². The lowest BCUT2D eigenvalue weighted by Gasteiger charge is -2.44. The van der Waals surface area contributed by atoms with E-state index in [-0.39, 0.29) is 23.7 Å². The normalized spacial score (nSPS) is 20.1. The first-order chi connectivity index (χ1) is 23.8. The maximum Gasteiger partial charge on any atom is 0.156 e. The van der Waals surface area contributed by atoms with Gasteiger partial charge in [-0.2, -0.15) is 0 Å². The Hall–Kier alpha value is -5.79. The molecule has 4 unspecified atom stereocenters. The van der Waals surface area contributed by atoms with Gasteiger partial charge in [0, 0.05) is 11.8 Å². The van der Waals surface area contributed by atoms with E-state index >= 15 is 4.79 Å². The monoisotopic (exact) mass is 610 g/mol. The van der Waals surface area contributed by atoms with Crippen LogP contribution in [0.5, 0.6) is 0 Å². The van der Waals surface area contributed by atoms with Gasteiger partial charge in [0.1, 0.15) is 0 Å². The summed E-state index contributed by atoms with van der Waals surface area (Å²) >= 11 is 0. The smallest absolute Gasteiger partial charge is 0.156 e. The summed E-state index contributed by atoms with van der Waals surface area (Å²) in [6.45, 7) is 0. The fourth-order valence-electron chi connectivity index (χ4n) is 9.77. The third kappa shape index (κ3) is 3.33. The molecule has 4 atom stereocenters. The van der Waals surface area contributed by atoms with Gasteiger partial charge in [0.2, 0.25) is 0 Å². The molecule has 1 heteroatoms. The summed E-state index contributed by atoms with van der Waals surface area (Å²) in [4.78, 5) is 15.6. The third-order valence-electron chi connectivity index (χ3n) is 11.6. The second kappa shape index (κ2) is 9.62. The molecule has 8 aromatic rings. The first kappa shape index (κ1) is 26.3. The highest BCUT2D eigenvalue weighted by atomic mass is 16.1. The number of benzene rings is 8. The first-order valence-corrected chi connectivity index (χ1v) is 17.0. The number of hydrogen-bond acceptors (Lipinski definition) is 1. The Morgan fingerprint density at radius 1 is 0.312 bits per heavy atom. The summed E-state index contributed by atoms with van der Waals surface area (Å²) in [6.07, 6.45) is 0. The van der Waals surface area contributed by atoms with Gasteiger partial charge in [-0.15, -0.1) is 0 Å². The van der Waals surface area contributed by atoms with E-state index in [0.29, 0.717) is 5.78 Å². The minimum atomic E-state index is -0.330. The van der Waals surface area contributed by atoms with Gasteiger partial charge in [0.05, 0.1) is 11.8 Å². The maximum atomic E-state index is 15.6. The fourth-order valence-corrected chi connectivity index (χ4v) is 9.77. The largest absolute Gasteiger partial charge is 0.298 e. The average molecular weight is 611 g/mol. The molecule has 0 spiro atoms. The zero-order valence-corrected chi connectivity index (χ0v) is 26.2. The molecular formula is C47H30O. The molecule has 0 radical (unpaired) electrons. The minimum Gasteiger partial charge on any atom is -0.298 e. The van der Waals surface area contributed by atoms with Crippen molar-refractivity contribution < 1.29 is 4.79 Å². The molecule has 48 heavy (non-hydrogen) atoms. The van der Waals surface area contributed by atoms with Crippen molar-refractivity contribution in [2.75, 3.05) is 0 Å². The number of Topliss-reactive ketones (excluding diaryl/α,β-unsaturated/α-hetero) is 1. The first-order valence-electron chi connectivity index (χ1n) is 17.0. The average Bonchev–Trinajstić information content (AvgIpc) is 3.15. The molecule has 0 heterocycles. The van der Waals surface area contributed by atoms with Crippen LogP contribution >= 0.6 is 0 Å². The van der Waals surface area contributed by atoms with Crippen LogP contribution in [-0.4, -0.2) is 5.78 Å². The van der Waals surface area contributed by atoms with Gasteiger partial charge in [-0.25, -0.2) is 0 Å². The summed E-state index contributed by atoms with van der Waals surface area (Å²) in [5.74, 6) is -0.289. The molecule has 11 rings (SSSR count).